The van der Waals surface area contributed by atoms with E-state index in [0.29, 0.717) is 0 Å². The number of carbonyl (C=O) groups is 2. The molecule has 0 aliphatic carbocycles. The summed E-state index contributed by atoms with van der Waals surface area (Å²) in [6.07, 6.45) is 0. The highest BCUT2D eigenvalue weighted by atomic mass is 16.5. The summed E-state index contributed by atoms with van der Waals surface area (Å²) in [6, 6.07) is 9.11. The molecule has 4 nitrogen and oxygen atoms in total. The number of nitrogens with zero attached hydrogens (tertiary/aromatic N) is 1. The van der Waals surface area contributed by atoms with E-state index in [1.54, 1.807) is 0 Å². The van der Waals surface area contributed by atoms with Crippen LogP contribution in [-0.2, 0) is 14.3 Å². The van der Waals surface area contributed by atoms with Crippen molar-refractivity contribution in [2.45, 2.75) is 19.9 Å². The second kappa shape index (κ2) is 7.22. The summed E-state index contributed by atoms with van der Waals surface area (Å²) in [5.74, 6) is 4.48. The fraction of sp³-hybridized carbons (Fsp3) is 0.333. The first kappa shape index (κ1) is 14.8. The minimum absolute atomic E-state index is 0.0868. The van der Waals surface area contributed by atoms with Crippen LogP contribution in [0.2, 0.25) is 0 Å². The number of benzene rings is 1. The molecular weight excluding hydrogens is 242 g/mol. The van der Waals surface area contributed by atoms with Crippen molar-refractivity contribution in [3.05, 3.63) is 35.9 Å². The molecule has 0 unspecified atom stereocenters. The standard InChI is InChI=1S/C15H17NO3/c1-12(2)16(11-15(18)19-3)14(17)10-9-13-7-5-4-6-8-13/h4-8,12H,11H2,1-3H3. The van der Waals surface area contributed by atoms with E-state index in [9.17, 15) is 9.59 Å². The average Bonchev–Trinajstić information content (AvgIpc) is 2.42. The average molecular weight is 259 g/mol. The Morgan fingerprint density at radius 1 is 1.26 bits per heavy atom. The summed E-state index contributed by atoms with van der Waals surface area (Å²) in [6.45, 7) is 3.56. The summed E-state index contributed by atoms with van der Waals surface area (Å²) in [7, 11) is 1.29. The number of esters is 1. The summed E-state index contributed by atoms with van der Waals surface area (Å²) in [5, 5.41) is 0. The Morgan fingerprint density at radius 2 is 1.89 bits per heavy atom. The zero-order valence-corrected chi connectivity index (χ0v) is 11.3. The molecule has 0 saturated carbocycles. The topological polar surface area (TPSA) is 46.6 Å². The van der Waals surface area contributed by atoms with Gasteiger partial charge in [-0.2, -0.15) is 0 Å². The largest absolute Gasteiger partial charge is 0.468 e. The summed E-state index contributed by atoms with van der Waals surface area (Å²) < 4.78 is 4.56. The van der Waals surface area contributed by atoms with E-state index in [2.05, 4.69) is 16.6 Å². The van der Waals surface area contributed by atoms with Crippen LogP contribution < -0.4 is 0 Å². The van der Waals surface area contributed by atoms with Gasteiger partial charge in [0, 0.05) is 17.5 Å². The van der Waals surface area contributed by atoms with E-state index in [-0.39, 0.29) is 18.5 Å². The van der Waals surface area contributed by atoms with Crippen molar-refractivity contribution in [3.8, 4) is 11.8 Å². The number of hydrogen-bond donors (Lipinski definition) is 0. The molecule has 0 fully saturated rings. The van der Waals surface area contributed by atoms with Gasteiger partial charge >= 0.3 is 5.97 Å². The van der Waals surface area contributed by atoms with Crippen LogP contribution in [0.4, 0.5) is 0 Å². The van der Waals surface area contributed by atoms with E-state index in [0.717, 1.165) is 5.56 Å². The minimum Gasteiger partial charge on any atom is -0.468 e. The van der Waals surface area contributed by atoms with Crippen molar-refractivity contribution in [2.75, 3.05) is 13.7 Å². The van der Waals surface area contributed by atoms with Crippen molar-refractivity contribution in [1.29, 1.82) is 0 Å². The molecule has 0 N–H and O–H groups in total. The van der Waals surface area contributed by atoms with Gasteiger partial charge in [0.05, 0.1) is 7.11 Å². The van der Waals surface area contributed by atoms with Crippen LogP contribution >= 0.6 is 0 Å². The second-order valence-corrected chi connectivity index (χ2v) is 4.22. The van der Waals surface area contributed by atoms with Crippen molar-refractivity contribution < 1.29 is 14.3 Å². The molecule has 0 spiro atoms. The Balaban J connectivity index is 2.79. The highest BCUT2D eigenvalue weighted by molar-refractivity contribution is 5.96. The van der Waals surface area contributed by atoms with Gasteiger partial charge in [0.2, 0.25) is 0 Å². The lowest BCUT2D eigenvalue weighted by molar-refractivity contribution is -0.146. The number of amides is 1. The number of carbonyl (C=O) groups excluding carboxylic acids is 2. The van der Waals surface area contributed by atoms with Gasteiger partial charge in [-0.25, -0.2) is 0 Å². The van der Waals surface area contributed by atoms with Crippen LogP contribution in [0.25, 0.3) is 0 Å². The van der Waals surface area contributed by atoms with Gasteiger partial charge in [-0.3, -0.25) is 9.59 Å². The van der Waals surface area contributed by atoms with Gasteiger partial charge in [0.1, 0.15) is 6.54 Å². The zero-order chi connectivity index (χ0) is 14.3. The Morgan fingerprint density at radius 3 is 2.42 bits per heavy atom. The molecule has 1 aromatic carbocycles. The van der Waals surface area contributed by atoms with Crippen LogP contribution in [0.3, 0.4) is 0 Å². The summed E-state index contributed by atoms with van der Waals surface area (Å²) >= 11 is 0. The molecule has 1 aromatic rings. The van der Waals surface area contributed by atoms with E-state index >= 15 is 0 Å². The maximum Gasteiger partial charge on any atom is 0.325 e. The highest BCUT2D eigenvalue weighted by Gasteiger charge is 2.18. The third kappa shape index (κ3) is 4.84. The molecule has 100 valence electrons. The van der Waals surface area contributed by atoms with E-state index in [1.165, 1.54) is 12.0 Å². The lowest BCUT2D eigenvalue weighted by Crippen LogP contribution is -2.40. The van der Waals surface area contributed by atoms with Crippen LogP contribution in [0.5, 0.6) is 0 Å². The smallest absolute Gasteiger partial charge is 0.325 e. The fourth-order valence-corrected chi connectivity index (χ4v) is 1.41. The van der Waals surface area contributed by atoms with Gasteiger partial charge < -0.3 is 9.64 Å². The first-order valence-electron chi connectivity index (χ1n) is 5.99. The fourth-order valence-electron chi connectivity index (χ4n) is 1.41. The molecule has 0 aromatic heterocycles. The molecule has 0 saturated heterocycles. The molecule has 4 heteroatoms. The molecule has 0 aliphatic heterocycles. The summed E-state index contributed by atoms with van der Waals surface area (Å²) in [4.78, 5) is 24.6. The Kier molecular flexibility index (Phi) is 5.62. The van der Waals surface area contributed by atoms with E-state index < -0.39 is 5.97 Å². The molecule has 1 rings (SSSR count). The predicted molar refractivity (Wildman–Crippen MR) is 72.2 cm³/mol. The van der Waals surface area contributed by atoms with Crippen molar-refractivity contribution in [2.24, 2.45) is 0 Å². The quantitative estimate of drug-likeness (QED) is 0.609. The first-order valence-corrected chi connectivity index (χ1v) is 5.99. The highest BCUT2D eigenvalue weighted by Crippen LogP contribution is 2.00. The number of ether oxygens (including phenoxy) is 1. The maximum absolute atomic E-state index is 12.0. The van der Waals surface area contributed by atoms with Crippen LogP contribution in [0.15, 0.2) is 30.3 Å². The normalized spacial score (nSPS) is 9.47. The first-order chi connectivity index (χ1) is 9.04. The third-order valence-corrected chi connectivity index (χ3v) is 2.50. The minimum atomic E-state index is -0.455. The molecule has 0 heterocycles. The van der Waals surface area contributed by atoms with Crippen LogP contribution in [0.1, 0.15) is 19.4 Å². The summed E-state index contributed by atoms with van der Waals surface area (Å²) in [5.41, 5.74) is 0.762. The Bertz CT molecular complexity index is 497. The van der Waals surface area contributed by atoms with Crippen molar-refractivity contribution >= 4 is 11.9 Å². The van der Waals surface area contributed by atoms with Crippen LogP contribution in [-0.4, -0.2) is 36.5 Å². The van der Waals surface area contributed by atoms with E-state index in [1.807, 2.05) is 44.2 Å². The molecule has 0 aliphatic rings. The van der Waals surface area contributed by atoms with Gasteiger partial charge in [-0.05, 0) is 26.0 Å². The maximum atomic E-state index is 12.0. The number of methoxy groups -OCH3 is 1. The molecule has 0 radical (unpaired) electrons. The number of hydrogen-bond acceptors (Lipinski definition) is 3. The lowest BCUT2D eigenvalue weighted by atomic mass is 10.2. The molecule has 0 bridgehead atoms. The molecule has 0 atom stereocenters. The molecular formula is C15H17NO3. The Hall–Kier alpha value is -2.28. The third-order valence-electron chi connectivity index (χ3n) is 2.50. The zero-order valence-electron chi connectivity index (χ0n) is 11.3. The molecule has 1 amide bonds. The number of rotatable bonds is 3. The van der Waals surface area contributed by atoms with Gasteiger partial charge in [-0.1, -0.05) is 24.1 Å². The second-order valence-electron chi connectivity index (χ2n) is 4.22. The monoisotopic (exact) mass is 259 g/mol. The van der Waals surface area contributed by atoms with Gasteiger partial charge in [0.15, 0.2) is 0 Å². The van der Waals surface area contributed by atoms with Crippen molar-refractivity contribution in [1.82, 2.24) is 4.90 Å². The van der Waals surface area contributed by atoms with Gasteiger partial charge in [0.25, 0.3) is 5.91 Å². The van der Waals surface area contributed by atoms with Crippen molar-refractivity contribution in [3.63, 3.8) is 0 Å². The van der Waals surface area contributed by atoms with Gasteiger partial charge in [-0.15, -0.1) is 0 Å². The molecule has 19 heavy (non-hydrogen) atoms. The Labute approximate surface area is 113 Å². The van der Waals surface area contributed by atoms with Crippen LogP contribution in [0, 0.1) is 11.8 Å². The van der Waals surface area contributed by atoms with E-state index in [4.69, 9.17) is 0 Å². The SMILES string of the molecule is COC(=O)CN(C(=O)C#Cc1ccccc1)C(C)C. The predicted octanol–water partition coefficient (Wildman–Crippen LogP) is 1.45. The lowest BCUT2D eigenvalue weighted by Gasteiger charge is -2.22.